The summed E-state index contributed by atoms with van der Waals surface area (Å²) in [6.07, 6.45) is 7.34. The zero-order chi connectivity index (χ0) is 12.4. The minimum absolute atomic E-state index is 0.0733. The van der Waals surface area contributed by atoms with Crippen LogP contribution < -0.4 is 16.0 Å². The van der Waals surface area contributed by atoms with E-state index in [4.69, 9.17) is 0 Å². The molecule has 0 atom stereocenters. The van der Waals surface area contributed by atoms with Crippen LogP contribution in [-0.4, -0.2) is 4.40 Å². The fraction of sp³-hybridized carbons (Fsp3) is 0.133. The molecule has 2 aromatic rings. The van der Waals surface area contributed by atoms with Crippen molar-refractivity contribution in [2.24, 2.45) is 0 Å². The first kappa shape index (κ1) is 11.4. The summed E-state index contributed by atoms with van der Waals surface area (Å²) >= 11 is 0. The molecular weight excluding hydrogens is 210 g/mol. The summed E-state index contributed by atoms with van der Waals surface area (Å²) in [5, 5.41) is 1.61. The van der Waals surface area contributed by atoms with Gasteiger partial charge >= 0.3 is 0 Å². The zero-order valence-corrected chi connectivity index (χ0v) is 10.1. The van der Waals surface area contributed by atoms with Gasteiger partial charge < -0.3 is 4.40 Å². The first-order chi connectivity index (χ1) is 8.20. The number of rotatable bonds is 1. The molecule has 2 nitrogen and oxygen atoms in total. The average Bonchev–Trinajstić information content (AvgIpc) is 2.36. The van der Waals surface area contributed by atoms with Gasteiger partial charge in [-0.15, -0.1) is 0 Å². The summed E-state index contributed by atoms with van der Waals surface area (Å²) in [5.74, 6) is 0. The van der Waals surface area contributed by atoms with Crippen molar-refractivity contribution in [1.29, 1.82) is 0 Å². The normalized spacial score (nSPS) is 13.3. The van der Waals surface area contributed by atoms with E-state index in [1.807, 2.05) is 48.7 Å². The van der Waals surface area contributed by atoms with Gasteiger partial charge in [0.05, 0.1) is 10.9 Å². The monoisotopic (exact) mass is 225 g/mol. The number of hydrogen-bond acceptors (Lipinski definition) is 1. The molecule has 0 N–H and O–H groups in total. The van der Waals surface area contributed by atoms with E-state index in [1.54, 1.807) is 12.2 Å². The molecule has 0 bridgehead atoms. The van der Waals surface area contributed by atoms with Gasteiger partial charge in [0.1, 0.15) is 0 Å². The maximum atomic E-state index is 12.2. The second-order valence-electron chi connectivity index (χ2n) is 3.90. The fourth-order valence-corrected chi connectivity index (χ4v) is 2.10. The molecule has 0 amide bonds. The highest BCUT2D eigenvalue weighted by atomic mass is 16.1. The lowest BCUT2D eigenvalue weighted by molar-refractivity contribution is 1.06. The molecule has 2 heterocycles. The highest BCUT2D eigenvalue weighted by Gasteiger charge is 2.03. The van der Waals surface area contributed by atoms with E-state index in [9.17, 15) is 4.79 Å². The highest BCUT2D eigenvalue weighted by Crippen LogP contribution is 2.00. The van der Waals surface area contributed by atoms with Crippen molar-refractivity contribution < 1.29 is 0 Å². The summed E-state index contributed by atoms with van der Waals surface area (Å²) < 4.78 is 2.03. The van der Waals surface area contributed by atoms with Gasteiger partial charge in [0.15, 0.2) is 5.43 Å². The molecule has 0 aliphatic heterocycles. The van der Waals surface area contributed by atoms with E-state index in [0.29, 0.717) is 5.22 Å². The summed E-state index contributed by atoms with van der Waals surface area (Å²) in [6.45, 7) is 7.46. The van der Waals surface area contributed by atoms with Crippen LogP contribution in [0.5, 0.6) is 0 Å². The molecule has 0 saturated carbocycles. The third-order valence-electron chi connectivity index (χ3n) is 2.92. The lowest BCUT2D eigenvalue weighted by atomic mass is 10.1. The maximum absolute atomic E-state index is 12.2. The zero-order valence-electron chi connectivity index (χ0n) is 10.1. The van der Waals surface area contributed by atoms with Gasteiger partial charge in [0.25, 0.3) is 0 Å². The van der Waals surface area contributed by atoms with Crippen molar-refractivity contribution in [3.63, 3.8) is 0 Å². The average molecular weight is 225 g/mol. The molecule has 0 aromatic carbocycles. The van der Waals surface area contributed by atoms with E-state index in [1.165, 1.54) is 0 Å². The Bertz CT molecular complexity index is 751. The Balaban J connectivity index is 3.25. The van der Waals surface area contributed by atoms with Crippen molar-refractivity contribution in [2.45, 2.75) is 13.8 Å². The van der Waals surface area contributed by atoms with E-state index < -0.39 is 0 Å². The van der Waals surface area contributed by atoms with E-state index in [-0.39, 0.29) is 5.43 Å². The van der Waals surface area contributed by atoms with Crippen molar-refractivity contribution in [3.8, 4) is 0 Å². The lowest BCUT2D eigenvalue weighted by Crippen LogP contribution is -2.44. The molecule has 0 saturated heterocycles. The Morgan fingerprint density at radius 3 is 2.76 bits per heavy atom. The third-order valence-corrected chi connectivity index (χ3v) is 2.92. The summed E-state index contributed by atoms with van der Waals surface area (Å²) in [5.41, 5.74) is 1.79. The first-order valence-electron chi connectivity index (χ1n) is 5.59. The van der Waals surface area contributed by atoms with Crippen LogP contribution in [0.2, 0.25) is 0 Å². The summed E-state index contributed by atoms with van der Waals surface area (Å²) in [6, 6.07) is 5.86. The quantitative estimate of drug-likeness (QED) is 0.718. The molecule has 0 unspecified atom stereocenters. The largest absolute Gasteiger partial charge is 0.316 e. The molecule has 0 aliphatic carbocycles. The Morgan fingerprint density at radius 2 is 2.12 bits per heavy atom. The van der Waals surface area contributed by atoms with Gasteiger partial charge in [0, 0.05) is 17.0 Å². The standard InChI is InChI=1S/C15H15NO/c1-4-8-12-13(5-2)16-10-7-6-9-14(16)11(3)15(12)17/h4-10H,1H2,2-3H3/b12-8+,13-5+. The Morgan fingerprint density at radius 1 is 1.35 bits per heavy atom. The van der Waals surface area contributed by atoms with Crippen molar-refractivity contribution in [1.82, 2.24) is 4.40 Å². The van der Waals surface area contributed by atoms with Gasteiger partial charge in [0.2, 0.25) is 0 Å². The number of allylic oxidation sites excluding steroid dienone is 1. The van der Waals surface area contributed by atoms with Gasteiger partial charge in [-0.1, -0.05) is 24.8 Å². The molecule has 17 heavy (non-hydrogen) atoms. The number of hydrogen-bond donors (Lipinski definition) is 0. The van der Waals surface area contributed by atoms with Crippen molar-refractivity contribution in [3.05, 3.63) is 63.4 Å². The Hall–Kier alpha value is -2.09. The molecule has 2 rings (SSSR count). The molecule has 0 aliphatic rings. The molecule has 2 heteroatoms. The van der Waals surface area contributed by atoms with Gasteiger partial charge in [-0.25, -0.2) is 0 Å². The van der Waals surface area contributed by atoms with Gasteiger partial charge in [-0.3, -0.25) is 4.79 Å². The topological polar surface area (TPSA) is 21.5 Å². The van der Waals surface area contributed by atoms with Crippen LogP contribution in [0.25, 0.3) is 17.7 Å². The minimum atomic E-state index is 0.0733. The fourth-order valence-electron chi connectivity index (χ4n) is 2.10. The number of nitrogens with zero attached hydrogens (tertiary/aromatic N) is 1. The Kier molecular flexibility index (Phi) is 2.96. The van der Waals surface area contributed by atoms with Crippen LogP contribution in [0.15, 0.2) is 41.8 Å². The van der Waals surface area contributed by atoms with Crippen LogP contribution in [0.3, 0.4) is 0 Å². The summed E-state index contributed by atoms with van der Waals surface area (Å²) in [7, 11) is 0. The molecule has 86 valence electrons. The molecule has 0 fully saturated rings. The molecule has 0 spiro atoms. The number of pyridine rings is 2. The third kappa shape index (κ3) is 1.72. The lowest BCUT2D eigenvalue weighted by Gasteiger charge is -2.05. The maximum Gasteiger partial charge on any atom is 0.192 e. The van der Waals surface area contributed by atoms with Crippen molar-refractivity contribution >= 4 is 17.7 Å². The van der Waals surface area contributed by atoms with E-state index in [0.717, 1.165) is 16.4 Å². The number of fused-ring (bicyclic) bond motifs is 1. The number of aryl methyl sites for hydroxylation is 1. The van der Waals surface area contributed by atoms with Crippen molar-refractivity contribution in [2.75, 3.05) is 0 Å². The SMILES string of the molecule is C=C/C=c1/c(=O)c(C)c2ccccn2/c1=C/C. The van der Waals surface area contributed by atoms with Crippen LogP contribution in [0.1, 0.15) is 12.5 Å². The predicted molar refractivity (Wildman–Crippen MR) is 72.5 cm³/mol. The minimum Gasteiger partial charge on any atom is -0.316 e. The molecule has 0 radical (unpaired) electrons. The Labute approximate surface area is 99.8 Å². The van der Waals surface area contributed by atoms with Crippen LogP contribution in [0, 0.1) is 6.92 Å². The highest BCUT2D eigenvalue weighted by molar-refractivity contribution is 5.55. The second kappa shape index (κ2) is 4.42. The van der Waals surface area contributed by atoms with E-state index >= 15 is 0 Å². The smallest absolute Gasteiger partial charge is 0.192 e. The van der Waals surface area contributed by atoms with Crippen LogP contribution >= 0.6 is 0 Å². The van der Waals surface area contributed by atoms with Gasteiger partial charge in [-0.05, 0) is 32.1 Å². The van der Waals surface area contributed by atoms with E-state index in [2.05, 4.69) is 6.58 Å². The molecule has 2 aromatic heterocycles. The first-order valence-corrected chi connectivity index (χ1v) is 5.59. The predicted octanol–water partition coefficient (Wildman–Crippen LogP) is 1.37. The second-order valence-corrected chi connectivity index (χ2v) is 3.90. The van der Waals surface area contributed by atoms with Crippen LogP contribution in [0.4, 0.5) is 0 Å². The molecular formula is C15H15NO. The van der Waals surface area contributed by atoms with Crippen LogP contribution in [-0.2, 0) is 0 Å². The van der Waals surface area contributed by atoms with Gasteiger partial charge in [-0.2, -0.15) is 0 Å². The number of aromatic nitrogens is 1. The summed E-state index contributed by atoms with van der Waals surface area (Å²) in [4.78, 5) is 12.2.